The summed E-state index contributed by atoms with van der Waals surface area (Å²) in [4.78, 5) is 11.9. The second-order valence-electron chi connectivity index (χ2n) is 4.86. The Bertz CT molecular complexity index is 321. The minimum atomic E-state index is -0.442. The number of ketones is 1. The topological polar surface area (TPSA) is 37.3 Å². The van der Waals surface area contributed by atoms with Gasteiger partial charge in [-0.05, 0) is 43.8 Å². The summed E-state index contributed by atoms with van der Waals surface area (Å²) < 4.78 is 0. The number of rotatable bonds is 2. The van der Waals surface area contributed by atoms with Crippen molar-refractivity contribution < 1.29 is 9.90 Å². The Hall–Kier alpha value is -0.890. The van der Waals surface area contributed by atoms with Crippen molar-refractivity contribution in [3.63, 3.8) is 0 Å². The summed E-state index contributed by atoms with van der Waals surface area (Å²) in [6.45, 7) is 7.83. The van der Waals surface area contributed by atoms with Gasteiger partial charge < -0.3 is 5.11 Å². The molecule has 1 rings (SSSR count). The molecule has 0 radical (unpaired) electrons. The van der Waals surface area contributed by atoms with Crippen molar-refractivity contribution in [2.24, 2.45) is 5.41 Å². The summed E-state index contributed by atoms with van der Waals surface area (Å²) in [5, 5.41) is 9.76. The fourth-order valence-corrected chi connectivity index (χ4v) is 2.30. The first-order valence-electron chi connectivity index (χ1n) is 5.46. The lowest BCUT2D eigenvalue weighted by molar-refractivity contribution is -0.112. The van der Waals surface area contributed by atoms with Gasteiger partial charge in [-0.15, -0.1) is 0 Å². The highest BCUT2D eigenvalue weighted by molar-refractivity contribution is 6.05. The molecule has 0 unspecified atom stereocenters. The second kappa shape index (κ2) is 4.31. The van der Waals surface area contributed by atoms with Gasteiger partial charge in [0.15, 0.2) is 5.78 Å². The minimum Gasteiger partial charge on any atom is -0.389 e. The first kappa shape index (κ1) is 12.2. The first-order chi connectivity index (χ1) is 6.90. The molecule has 0 heterocycles. The number of allylic oxidation sites excluding steroid dienone is 3. The molecule has 0 fully saturated rings. The van der Waals surface area contributed by atoms with Crippen LogP contribution in [0, 0.1) is 5.41 Å². The molecule has 1 aliphatic carbocycles. The number of aliphatic hydroxyl groups is 1. The maximum Gasteiger partial charge on any atom is 0.182 e. The van der Waals surface area contributed by atoms with Crippen LogP contribution in [0.15, 0.2) is 23.3 Å². The Morgan fingerprint density at radius 1 is 1.53 bits per heavy atom. The summed E-state index contributed by atoms with van der Waals surface area (Å²) in [6.07, 6.45) is 4.51. The van der Waals surface area contributed by atoms with Gasteiger partial charge >= 0.3 is 0 Å². The average molecular weight is 208 g/mol. The van der Waals surface area contributed by atoms with E-state index in [9.17, 15) is 9.90 Å². The van der Waals surface area contributed by atoms with Crippen molar-refractivity contribution in [3.8, 4) is 0 Å². The van der Waals surface area contributed by atoms with Crippen LogP contribution in [0.2, 0.25) is 0 Å². The molecule has 2 heteroatoms. The van der Waals surface area contributed by atoms with E-state index >= 15 is 0 Å². The SMILES string of the molecule is C/C=C/C(=O)C1=C(C)[C@H](O)CCC1(C)C. The van der Waals surface area contributed by atoms with E-state index in [1.165, 1.54) is 0 Å². The molecular formula is C13H20O2. The van der Waals surface area contributed by atoms with Crippen LogP contribution in [0.1, 0.15) is 40.5 Å². The molecule has 2 nitrogen and oxygen atoms in total. The molecular weight excluding hydrogens is 188 g/mol. The predicted molar refractivity (Wildman–Crippen MR) is 61.5 cm³/mol. The normalized spacial score (nSPS) is 26.1. The molecule has 0 amide bonds. The van der Waals surface area contributed by atoms with E-state index in [1.807, 2.05) is 13.8 Å². The van der Waals surface area contributed by atoms with Crippen molar-refractivity contribution in [2.75, 3.05) is 0 Å². The quantitative estimate of drug-likeness (QED) is 0.708. The summed E-state index contributed by atoms with van der Waals surface area (Å²) in [7, 11) is 0. The van der Waals surface area contributed by atoms with Crippen LogP contribution >= 0.6 is 0 Å². The molecule has 1 aliphatic rings. The highest BCUT2D eigenvalue weighted by atomic mass is 16.3. The number of carbonyl (C=O) groups is 1. The Morgan fingerprint density at radius 2 is 2.13 bits per heavy atom. The Labute approximate surface area is 91.7 Å². The van der Waals surface area contributed by atoms with Crippen LogP contribution in [-0.2, 0) is 4.79 Å². The number of aliphatic hydroxyl groups excluding tert-OH is 1. The van der Waals surface area contributed by atoms with Crippen LogP contribution < -0.4 is 0 Å². The number of hydrogen-bond acceptors (Lipinski definition) is 2. The molecule has 0 spiro atoms. The van der Waals surface area contributed by atoms with Gasteiger partial charge in [0.25, 0.3) is 0 Å². The van der Waals surface area contributed by atoms with E-state index in [0.29, 0.717) is 0 Å². The van der Waals surface area contributed by atoms with E-state index in [2.05, 4.69) is 13.8 Å². The smallest absolute Gasteiger partial charge is 0.182 e. The minimum absolute atomic E-state index is 0.0405. The van der Waals surface area contributed by atoms with Crippen LogP contribution in [0.4, 0.5) is 0 Å². The van der Waals surface area contributed by atoms with Crippen LogP contribution in [0.5, 0.6) is 0 Å². The maximum atomic E-state index is 11.9. The lowest BCUT2D eigenvalue weighted by atomic mass is 9.70. The van der Waals surface area contributed by atoms with E-state index in [-0.39, 0.29) is 11.2 Å². The molecule has 0 aromatic rings. The molecule has 1 N–H and O–H groups in total. The van der Waals surface area contributed by atoms with Crippen molar-refractivity contribution in [1.29, 1.82) is 0 Å². The Kier molecular flexibility index (Phi) is 3.50. The Morgan fingerprint density at radius 3 is 2.67 bits per heavy atom. The fraction of sp³-hybridized carbons (Fsp3) is 0.615. The molecule has 0 aromatic carbocycles. The van der Waals surface area contributed by atoms with Gasteiger partial charge in [-0.2, -0.15) is 0 Å². The molecule has 0 aliphatic heterocycles. The summed E-state index contributed by atoms with van der Waals surface area (Å²) >= 11 is 0. The maximum absolute atomic E-state index is 11.9. The zero-order valence-corrected chi connectivity index (χ0v) is 10.0. The standard InChI is InChI=1S/C13H20O2/c1-5-6-11(15)12-9(2)10(14)7-8-13(12,3)4/h5-6,10,14H,7-8H2,1-4H3/b6-5+/t10-/m1/s1. The van der Waals surface area contributed by atoms with Gasteiger partial charge in [-0.1, -0.05) is 19.9 Å². The zero-order valence-electron chi connectivity index (χ0n) is 10.0. The monoisotopic (exact) mass is 208 g/mol. The van der Waals surface area contributed by atoms with Gasteiger partial charge in [0.2, 0.25) is 0 Å². The second-order valence-corrected chi connectivity index (χ2v) is 4.86. The summed E-state index contributed by atoms with van der Waals surface area (Å²) in [5.74, 6) is 0.0405. The van der Waals surface area contributed by atoms with Crippen LogP contribution in [0.25, 0.3) is 0 Å². The van der Waals surface area contributed by atoms with Gasteiger partial charge in [0, 0.05) is 5.57 Å². The third-order valence-electron chi connectivity index (χ3n) is 3.18. The zero-order chi connectivity index (χ0) is 11.6. The molecule has 0 saturated heterocycles. The van der Waals surface area contributed by atoms with Crippen LogP contribution in [0.3, 0.4) is 0 Å². The van der Waals surface area contributed by atoms with Crippen molar-refractivity contribution in [2.45, 2.75) is 46.6 Å². The highest BCUT2D eigenvalue weighted by Gasteiger charge is 2.35. The number of hydrogen-bond donors (Lipinski definition) is 1. The molecule has 15 heavy (non-hydrogen) atoms. The van der Waals surface area contributed by atoms with Gasteiger partial charge in [-0.3, -0.25) is 4.79 Å². The third-order valence-corrected chi connectivity index (χ3v) is 3.18. The lowest BCUT2D eigenvalue weighted by Gasteiger charge is -2.35. The van der Waals surface area contributed by atoms with E-state index < -0.39 is 6.10 Å². The van der Waals surface area contributed by atoms with Crippen LogP contribution in [-0.4, -0.2) is 17.0 Å². The molecule has 0 saturated carbocycles. The van der Waals surface area contributed by atoms with E-state index in [4.69, 9.17) is 0 Å². The largest absolute Gasteiger partial charge is 0.389 e. The molecule has 0 bridgehead atoms. The summed E-state index contributed by atoms with van der Waals surface area (Å²) in [5.41, 5.74) is 1.52. The van der Waals surface area contributed by atoms with Gasteiger partial charge in [-0.25, -0.2) is 0 Å². The molecule has 84 valence electrons. The highest BCUT2D eigenvalue weighted by Crippen LogP contribution is 2.40. The number of carbonyl (C=O) groups excluding carboxylic acids is 1. The average Bonchev–Trinajstić information content (AvgIpc) is 2.12. The van der Waals surface area contributed by atoms with Crippen molar-refractivity contribution in [1.82, 2.24) is 0 Å². The lowest BCUT2D eigenvalue weighted by Crippen LogP contribution is -2.31. The van der Waals surface area contributed by atoms with Crippen molar-refractivity contribution in [3.05, 3.63) is 23.3 Å². The van der Waals surface area contributed by atoms with Gasteiger partial charge in [0.1, 0.15) is 0 Å². The third kappa shape index (κ3) is 2.37. The molecule has 1 atom stereocenters. The summed E-state index contributed by atoms with van der Waals surface area (Å²) in [6, 6.07) is 0. The van der Waals surface area contributed by atoms with Crippen molar-refractivity contribution >= 4 is 5.78 Å². The van der Waals surface area contributed by atoms with E-state index in [1.54, 1.807) is 12.2 Å². The van der Waals surface area contributed by atoms with E-state index in [0.717, 1.165) is 24.0 Å². The molecule has 0 aromatic heterocycles. The predicted octanol–water partition coefficient (Wildman–Crippen LogP) is 2.63. The first-order valence-corrected chi connectivity index (χ1v) is 5.46. The fourth-order valence-electron chi connectivity index (χ4n) is 2.30. The van der Waals surface area contributed by atoms with Gasteiger partial charge in [0.05, 0.1) is 6.10 Å². The Balaban J connectivity index is 3.17.